The van der Waals surface area contributed by atoms with Crippen molar-refractivity contribution >= 4 is 34.3 Å². The molecule has 1 N–H and O–H groups in total. The van der Waals surface area contributed by atoms with Gasteiger partial charge in [-0.15, -0.1) is 0 Å². The van der Waals surface area contributed by atoms with Gasteiger partial charge in [-0.1, -0.05) is 17.7 Å². The van der Waals surface area contributed by atoms with Gasteiger partial charge in [0.05, 0.1) is 22.1 Å². The molecule has 0 bridgehead atoms. The molecule has 2 amide bonds. The minimum absolute atomic E-state index is 0.0526. The highest BCUT2D eigenvalue weighted by Gasteiger charge is 2.35. The van der Waals surface area contributed by atoms with Crippen LogP contribution in [-0.2, 0) is 11.3 Å². The predicted molar refractivity (Wildman–Crippen MR) is 112 cm³/mol. The molecule has 1 atom stereocenters. The Labute approximate surface area is 179 Å². The first-order chi connectivity index (χ1) is 14.2. The van der Waals surface area contributed by atoms with Crippen LogP contribution >= 0.6 is 11.6 Å². The van der Waals surface area contributed by atoms with E-state index in [1.807, 2.05) is 21.6 Å². The third-order valence-corrected chi connectivity index (χ3v) is 6.76. The summed E-state index contributed by atoms with van der Waals surface area (Å²) >= 11 is 6.42. The van der Waals surface area contributed by atoms with Crippen LogP contribution in [-0.4, -0.2) is 46.3 Å². The molecule has 1 aromatic carbocycles. The molecule has 2 heterocycles. The van der Waals surface area contributed by atoms with Crippen LogP contribution in [0.5, 0.6) is 0 Å². The Bertz CT molecular complexity index is 965. The van der Waals surface area contributed by atoms with Gasteiger partial charge in [0.2, 0.25) is 11.8 Å². The van der Waals surface area contributed by atoms with Gasteiger partial charge in [-0.05, 0) is 37.3 Å². The molecular weight excluding hydrogens is 412 g/mol. The van der Waals surface area contributed by atoms with E-state index in [4.69, 9.17) is 11.6 Å². The smallest absolute Gasteiger partial charge is 0.253 e. The molecule has 8 heteroatoms. The van der Waals surface area contributed by atoms with E-state index in [2.05, 4.69) is 5.32 Å². The third-order valence-electron chi connectivity index (χ3n) is 6.44. The quantitative estimate of drug-likeness (QED) is 0.750. The highest BCUT2D eigenvalue weighted by atomic mass is 35.5. The fourth-order valence-corrected chi connectivity index (χ4v) is 4.81. The van der Waals surface area contributed by atoms with Crippen LogP contribution in [0.1, 0.15) is 49.4 Å². The zero-order valence-electron chi connectivity index (χ0n) is 17.0. The van der Waals surface area contributed by atoms with Crippen molar-refractivity contribution in [3.05, 3.63) is 35.0 Å². The number of nitrogens with zero attached hydrogens (tertiary/aromatic N) is 2. The highest BCUT2D eigenvalue weighted by Crippen LogP contribution is 2.36. The molecule has 2 aliphatic rings. The Morgan fingerprint density at radius 3 is 2.60 bits per heavy atom. The zero-order valence-corrected chi connectivity index (χ0v) is 17.7. The predicted octanol–water partition coefficient (Wildman–Crippen LogP) is 4.47. The lowest BCUT2D eigenvalue weighted by Crippen LogP contribution is -2.52. The Kier molecular flexibility index (Phi) is 5.75. The van der Waals surface area contributed by atoms with Gasteiger partial charge >= 0.3 is 0 Å². The SMILES string of the molecule is CC(=O)N1CC[C@H]1Cn1cc(C(=O)NCC2CCC(F)(F)CC2)c2c(Cl)cccc21. The zero-order chi connectivity index (χ0) is 21.5. The molecule has 0 unspecified atom stereocenters. The molecule has 30 heavy (non-hydrogen) atoms. The second-order valence-electron chi connectivity index (χ2n) is 8.49. The van der Waals surface area contributed by atoms with Gasteiger partial charge in [-0.3, -0.25) is 9.59 Å². The summed E-state index contributed by atoms with van der Waals surface area (Å²) < 4.78 is 28.7. The van der Waals surface area contributed by atoms with Gasteiger partial charge in [-0.2, -0.15) is 0 Å². The van der Waals surface area contributed by atoms with Crippen LogP contribution in [0.2, 0.25) is 5.02 Å². The maximum atomic E-state index is 13.3. The molecular formula is C22H26ClF2N3O2. The maximum absolute atomic E-state index is 13.3. The molecule has 2 fully saturated rings. The van der Waals surface area contributed by atoms with Crippen molar-refractivity contribution in [2.45, 2.75) is 57.5 Å². The lowest BCUT2D eigenvalue weighted by atomic mass is 9.87. The molecule has 1 saturated carbocycles. The number of hydrogen-bond donors (Lipinski definition) is 1. The molecule has 1 aliphatic heterocycles. The van der Waals surface area contributed by atoms with Crippen LogP contribution in [0, 0.1) is 5.92 Å². The molecule has 0 spiro atoms. The number of benzene rings is 1. The summed E-state index contributed by atoms with van der Waals surface area (Å²) in [5, 5.41) is 4.09. The summed E-state index contributed by atoms with van der Waals surface area (Å²) in [5.74, 6) is -2.70. The number of fused-ring (bicyclic) bond motifs is 1. The molecule has 1 aliphatic carbocycles. The van der Waals surface area contributed by atoms with Crippen molar-refractivity contribution in [3.8, 4) is 0 Å². The van der Waals surface area contributed by atoms with E-state index in [9.17, 15) is 18.4 Å². The van der Waals surface area contributed by atoms with Crippen molar-refractivity contribution in [2.75, 3.05) is 13.1 Å². The van der Waals surface area contributed by atoms with Crippen molar-refractivity contribution in [3.63, 3.8) is 0 Å². The Balaban J connectivity index is 1.50. The number of amides is 2. The van der Waals surface area contributed by atoms with E-state index in [1.54, 1.807) is 19.2 Å². The topological polar surface area (TPSA) is 54.3 Å². The Morgan fingerprint density at radius 2 is 1.97 bits per heavy atom. The first-order valence-electron chi connectivity index (χ1n) is 10.5. The first-order valence-corrected chi connectivity index (χ1v) is 10.8. The van der Waals surface area contributed by atoms with Crippen molar-refractivity contribution in [1.82, 2.24) is 14.8 Å². The lowest BCUT2D eigenvalue weighted by Gasteiger charge is -2.40. The van der Waals surface area contributed by atoms with E-state index >= 15 is 0 Å². The summed E-state index contributed by atoms with van der Waals surface area (Å²) in [6.45, 7) is 3.30. The van der Waals surface area contributed by atoms with Gasteiger partial charge in [0.25, 0.3) is 5.91 Å². The molecule has 0 radical (unpaired) electrons. The summed E-state index contributed by atoms with van der Waals surface area (Å²) in [6.07, 6.45) is 3.31. The molecule has 5 nitrogen and oxygen atoms in total. The minimum Gasteiger partial charge on any atom is -0.352 e. The lowest BCUT2D eigenvalue weighted by molar-refractivity contribution is -0.136. The van der Waals surface area contributed by atoms with Crippen LogP contribution in [0.4, 0.5) is 8.78 Å². The monoisotopic (exact) mass is 437 g/mol. The fourth-order valence-electron chi connectivity index (χ4n) is 4.54. The fraction of sp³-hybridized carbons (Fsp3) is 0.545. The third kappa shape index (κ3) is 4.17. The van der Waals surface area contributed by atoms with Crippen LogP contribution < -0.4 is 5.32 Å². The average Bonchev–Trinajstić information content (AvgIpc) is 3.04. The van der Waals surface area contributed by atoms with E-state index in [-0.39, 0.29) is 36.6 Å². The van der Waals surface area contributed by atoms with Crippen molar-refractivity contribution in [2.24, 2.45) is 5.92 Å². The van der Waals surface area contributed by atoms with E-state index in [0.717, 1.165) is 18.5 Å². The molecule has 1 saturated heterocycles. The van der Waals surface area contributed by atoms with Gasteiger partial charge in [0.15, 0.2) is 0 Å². The normalized spacial score (nSPS) is 21.5. The standard InChI is InChI=1S/C22H26ClF2N3O2/c1-14(29)28-10-7-16(28)12-27-13-17(20-18(23)3-2-4-19(20)27)21(30)26-11-15-5-8-22(24,25)9-6-15/h2-4,13,15-16H,5-12H2,1H3,(H,26,30)/t16-/m0/s1. The Morgan fingerprint density at radius 1 is 1.23 bits per heavy atom. The van der Waals surface area contributed by atoms with Crippen molar-refractivity contribution < 1.29 is 18.4 Å². The van der Waals surface area contributed by atoms with Gasteiger partial charge in [-0.25, -0.2) is 8.78 Å². The molecule has 4 rings (SSSR count). The van der Waals surface area contributed by atoms with E-state index in [1.165, 1.54) is 0 Å². The van der Waals surface area contributed by atoms with Crippen LogP contribution in [0.25, 0.3) is 10.9 Å². The number of halogens is 3. The molecule has 162 valence electrons. The average molecular weight is 438 g/mol. The number of nitrogens with one attached hydrogen (secondary N) is 1. The van der Waals surface area contributed by atoms with Gasteiger partial charge in [0, 0.05) is 51.0 Å². The molecule has 1 aromatic heterocycles. The van der Waals surface area contributed by atoms with Crippen LogP contribution in [0.3, 0.4) is 0 Å². The minimum atomic E-state index is -2.57. The first kappa shape index (κ1) is 21.1. The van der Waals surface area contributed by atoms with E-state index < -0.39 is 5.92 Å². The highest BCUT2D eigenvalue weighted by molar-refractivity contribution is 6.36. The maximum Gasteiger partial charge on any atom is 0.253 e. The summed E-state index contributed by atoms with van der Waals surface area (Å²) in [4.78, 5) is 26.5. The number of carbonyl (C=O) groups excluding carboxylic acids is 2. The number of aromatic nitrogens is 1. The number of likely N-dealkylation sites (tertiary alicyclic amines) is 1. The summed E-state index contributed by atoms with van der Waals surface area (Å²) in [6, 6.07) is 5.61. The van der Waals surface area contributed by atoms with Crippen LogP contribution in [0.15, 0.2) is 24.4 Å². The number of rotatable bonds is 5. The summed E-state index contributed by atoms with van der Waals surface area (Å²) in [5.41, 5.74) is 1.32. The second-order valence-corrected chi connectivity index (χ2v) is 8.90. The largest absolute Gasteiger partial charge is 0.352 e. The van der Waals surface area contributed by atoms with E-state index in [0.29, 0.717) is 41.9 Å². The number of alkyl halides is 2. The molecule has 2 aromatic rings. The Hall–Kier alpha value is -2.15. The second kappa shape index (κ2) is 8.17. The van der Waals surface area contributed by atoms with Gasteiger partial charge < -0.3 is 14.8 Å². The van der Waals surface area contributed by atoms with Gasteiger partial charge in [0.1, 0.15) is 0 Å². The number of carbonyl (C=O) groups is 2. The number of hydrogen-bond acceptors (Lipinski definition) is 2. The summed E-state index contributed by atoms with van der Waals surface area (Å²) in [7, 11) is 0. The van der Waals surface area contributed by atoms with Crippen molar-refractivity contribution in [1.29, 1.82) is 0 Å².